The highest BCUT2D eigenvalue weighted by Crippen LogP contribution is 2.16. The van der Waals surface area contributed by atoms with Crippen molar-refractivity contribution in [2.75, 3.05) is 26.2 Å². The van der Waals surface area contributed by atoms with E-state index in [0.29, 0.717) is 42.7 Å². The van der Waals surface area contributed by atoms with Gasteiger partial charge in [-0.1, -0.05) is 87.4 Å². The molecule has 0 aromatic heterocycles. The van der Waals surface area contributed by atoms with Crippen molar-refractivity contribution in [1.29, 1.82) is 0 Å². The zero-order valence-corrected chi connectivity index (χ0v) is 27.8. The number of aliphatic hydroxyl groups excluding tert-OH is 1. The zero-order valence-electron chi connectivity index (χ0n) is 27.0. The summed E-state index contributed by atoms with van der Waals surface area (Å²) in [6.45, 7) is 7.36. The maximum absolute atomic E-state index is 13.7. The lowest BCUT2D eigenvalue weighted by atomic mass is 9.99. The van der Waals surface area contributed by atoms with Gasteiger partial charge in [-0.3, -0.25) is 9.59 Å². The van der Waals surface area contributed by atoms with Gasteiger partial charge in [0.2, 0.25) is 10.0 Å². The summed E-state index contributed by atoms with van der Waals surface area (Å²) in [7, 11) is -3.77. The second kappa shape index (κ2) is 18.2. The SMILES string of the molecule is C#Cc1cc(C(=O)NC(Cc2ccccc2)C(O)CN(CCC)NS(=O)(=O)Cc2ccccc2)cc(C(=O)N(CCC)CCC)c1. The van der Waals surface area contributed by atoms with Crippen LogP contribution in [0.2, 0.25) is 0 Å². The molecule has 0 radical (unpaired) electrons. The highest BCUT2D eigenvalue weighted by molar-refractivity contribution is 7.88. The fourth-order valence-electron chi connectivity index (χ4n) is 5.23. The second-order valence-corrected chi connectivity index (χ2v) is 13.1. The molecule has 3 N–H and O–H groups in total. The predicted octanol–water partition coefficient (Wildman–Crippen LogP) is 4.38. The van der Waals surface area contributed by atoms with E-state index in [0.717, 1.165) is 18.4 Å². The molecule has 2 unspecified atom stereocenters. The summed E-state index contributed by atoms with van der Waals surface area (Å²) >= 11 is 0. The first-order valence-corrected chi connectivity index (χ1v) is 17.5. The van der Waals surface area contributed by atoms with Crippen molar-refractivity contribution in [1.82, 2.24) is 20.1 Å². The van der Waals surface area contributed by atoms with Crippen LogP contribution in [0, 0.1) is 12.3 Å². The lowest BCUT2D eigenvalue weighted by molar-refractivity contribution is 0.0618. The Morgan fingerprint density at radius 1 is 0.848 bits per heavy atom. The van der Waals surface area contributed by atoms with Crippen LogP contribution < -0.4 is 10.1 Å². The fourth-order valence-corrected chi connectivity index (χ4v) is 6.48. The highest BCUT2D eigenvalue weighted by Gasteiger charge is 2.27. The number of carbonyl (C=O) groups is 2. The quantitative estimate of drug-likeness (QED) is 0.140. The van der Waals surface area contributed by atoms with Crippen molar-refractivity contribution >= 4 is 21.8 Å². The van der Waals surface area contributed by atoms with Gasteiger partial charge in [0.05, 0.1) is 17.9 Å². The number of amides is 2. The Balaban J connectivity index is 1.86. The molecular weight excluding hydrogens is 600 g/mol. The Morgan fingerprint density at radius 2 is 1.41 bits per heavy atom. The van der Waals surface area contributed by atoms with Gasteiger partial charge in [0.1, 0.15) is 0 Å². The Morgan fingerprint density at radius 3 is 1.98 bits per heavy atom. The summed E-state index contributed by atoms with van der Waals surface area (Å²) in [5, 5.41) is 15.9. The van der Waals surface area contributed by atoms with Gasteiger partial charge in [-0.25, -0.2) is 13.4 Å². The van der Waals surface area contributed by atoms with Gasteiger partial charge in [0.25, 0.3) is 11.8 Å². The standard InChI is InChI=1S/C36H46N4O5S/c1-5-19-39(20-6-2)36(43)32-23-28(8-4)22-31(25-32)35(42)37-33(24-29-15-11-9-12-16-29)34(41)26-40(21-7-3)38-46(44,45)27-30-17-13-10-14-18-30/h4,9-18,22-23,25,33-34,38,41H,5-7,19-21,24,26-27H2,1-3H3,(H,37,42). The van der Waals surface area contributed by atoms with Crippen molar-refractivity contribution in [2.24, 2.45) is 0 Å². The predicted molar refractivity (Wildman–Crippen MR) is 182 cm³/mol. The van der Waals surface area contributed by atoms with Crippen LogP contribution in [0.3, 0.4) is 0 Å². The minimum Gasteiger partial charge on any atom is -0.390 e. The lowest BCUT2D eigenvalue weighted by Gasteiger charge is -2.30. The number of hydrogen-bond donors (Lipinski definition) is 3. The number of hydrazine groups is 1. The number of nitrogens with zero attached hydrogens (tertiary/aromatic N) is 2. The van der Waals surface area contributed by atoms with Crippen molar-refractivity contribution in [3.63, 3.8) is 0 Å². The van der Waals surface area contributed by atoms with Gasteiger partial charge >= 0.3 is 0 Å². The van der Waals surface area contributed by atoms with Crippen LogP contribution in [0.4, 0.5) is 0 Å². The van der Waals surface area contributed by atoms with Crippen LogP contribution in [-0.2, 0) is 22.2 Å². The van der Waals surface area contributed by atoms with E-state index >= 15 is 0 Å². The second-order valence-electron chi connectivity index (χ2n) is 11.4. The number of rotatable bonds is 18. The van der Waals surface area contributed by atoms with E-state index in [4.69, 9.17) is 6.42 Å². The summed E-state index contributed by atoms with van der Waals surface area (Å²) in [5.41, 5.74) is 2.43. The summed E-state index contributed by atoms with van der Waals surface area (Å²) in [6.07, 6.45) is 7.05. The van der Waals surface area contributed by atoms with E-state index in [1.807, 2.05) is 57.2 Å². The minimum atomic E-state index is -3.77. The van der Waals surface area contributed by atoms with Crippen LogP contribution in [0.15, 0.2) is 78.9 Å². The van der Waals surface area contributed by atoms with Crippen molar-refractivity contribution < 1.29 is 23.1 Å². The first kappa shape index (κ1) is 36.5. The average molecular weight is 647 g/mol. The van der Waals surface area contributed by atoms with E-state index in [2.05, 4.69) is 16.1 Å². The van der Waals surface area contributed by atoms with Gasteiger partial charge in [0, 0.05) is 42.9 Å². The molecule has 0 spiro atoms. The number of benzene rings is 3. The van der Waals surface area contributed by atoms with Crippen LogP contribution in [-0.4, -0.2) is 73.6 Å². The van der Waals surface area contributed by atoms with Crippen molar-refractivity contribution in [3.8, 4) is 12.3 Å². The molecule has 46 heavy (non-hydrogen) atoms. The Hall–Kier alpha value is -4.01. The summed E-state index contributed by atoms with van der Waals surface area (Å²) in [5.74, 6) is 1.63. The molecule has 9 nitrogen and oxygen atoms in total. The summed E-state index contributed by atoms with van der Waals surface area (Å²) in [6, 6.07) is 22.1. The number of nitrogens with one attached hydrogen (secondary N) is 2. The number of carbonyl (C=O) groups excluding carboxylic acids is 2. The molecule has 3 aromatic rings. The smallest absolute Gasteiger partial charge is 0.253 e. The first-order valence-electron chi connectivity index (χ1n) is 15.8. The third-order valence-corrected chi connectivity index (χ3v) is 8.58. The first-order chi connectivity index (χ1) is 22.1. The van der Waals surface area contributed by atoms with E-state index in [-0.39, 0.29) is 30.2 Å². The van der Waals surface area contributed by atoms with Gasteiger partial charge in [-0.05, 0) is 55.0 Å². The molecule has 0 aliphatic heterocycles. The third-order valence-electron chi connectivity index (χ3n) is 7.33. The van der Waals surface area contributed by atoms with E-state index in [1.165, 1.54) is 11.1 Å². The highest BCUT2D eigenvalue weighted by atomic mass is 32.2. The molecule has 0 aliphatic rings. The molecule has 3 aromatic carbocycles. The lowest BCUT2D eigenvalue weighted by Crippen LogP contribution is -2.53. The summed E-state index contributed by atoms with van der Waals surface area (Å²) < 4.78 is 26.0. The molecule has 0 aliphatic carbocycles. The Kier molecular flexibility index (Phi) is 14.4. The van der Waals surface area contributed by atoms with Gasteiger partial charge in [-0.15, -0.1) is 11.3 Å². The number of aliphatic hydroxyl groups is 1. The van der Waals surface area contributed by atoms with E-state index in [9.17, 15) is 23.1 Å². The largest absolute Gasteiger partial charge is 0.390 e. The molecule has 0 fully saturated rings. The molecule has 2 atom stereocenters. The maximum atomic E-state index is 13.7. The average Bonchev–Trinajstić information content (AvgIpc) is 3.04. The van der Waals surface area contributed by atoms with Gasteiger partial charge in [-0.2, -0.15) is 0 Å². The normalized spacial score (nSPS) is 12.7. The molecule has 246 valence electrons. The molecule has 0 heterocycles. The third kappa shape index (κ3) is 11.4. The number of terminal acetylenes is 1. The Bertz CT molecular complexity index is 1550. The molecule has 2 amide bonds. The maximum Gasteiger partial charge on any atom is 0.253 e. The monoisotopic (exact) mass is 646 g/mol. The molecule has 10 heteroatoms. The molecule has 0 saturated carbocycles. The fraction of sp³-hybridized carbons (Fsp3) is 0.389. The molecule has 3 rings (SSSR count). The van der Waals surface area contributed by atoms with Crippen LogP contribution >= 0.6 is 0 Å². The van der Waals surface area contributed by atoms with Gasteiger partial charge < -0.3 is 15.3 Å². The van der Waals surface area contributed by atoms with E-state index in [1.54, 1.807) is 41.3 Å². The minimum absolute atomic E-state index is 0.0727. The summed E-state index contributed by atoms with van der Waals surface area (Å²) in [4.78, 5) is 31.5. The topological polar surface area (TPSA) is 119 Å². The zero-order chi connectivity index (χ0) is 33.5. The van der Waals surface area contributed by atoms with Crippen LogP contribution in [0.1, 0.15) is 77.4 Å². The number of hydrogen-bond acceptors (Lipinski definition) is 6. The van der Waals surface area contributed by atoms with Crippen LogP contribution in [0.5, 0.6) is 0 Å². The number of sulfonamides is 1. The van der Waals surface area contributed by atoms with Crippen molar-refractivity contribution in [2.45, 2.75) is 64.4 Å². The Labute approximate surface area is 274 Å². The van der Waals surface area contributed by atoms with Crippen molar-refractivity contribution in [3.05, 3.63) is 107 Å². The van der Waals surface area contributed by atoms with Crippen LogP contribution in [0.25, 0.3) is 0 Å². The van der Waals surface area contributed by atoms with Gasteiger partial charge in [0.15, 0.2) is 0 Å². The molecular formula is C36H46N4O5S. The molecule has 0 saturated heterocycles. The molecule has 0 bridgehead atoms. The van der Waals surface area contributed by atoms with E-state index < -0.39 is 28.1 Å².